The van der Waals surface area contributed by atoms with E-state index in [9.17, 15) is 44.1 Å². The Bertz CT molecular complexity index is 1010. The number of carboxylic acids is 3. The van der Waals surface area contributed by atoms with Crippen LogP contribution in [0.1, 0.15) is 32.1 Å². The van der Waals surface area contributed by atoms with Crippen molar-refractivity contribution in [2.45, 2.75) is 55.5 Å². The van der Waals surface area contributed by atoms with E-state index in [1.807, 2.05) is 4.90 Å². The first-order valence-corrected chi connectivity index (χ1v) is 16.6. The van der Waals surface area contributed by atoms with Crippen molar-refractivity contribution < 1.29 is 44.1 Å². The minimum absolute atomic E-state index is 0.0902. The maximum Gasteiger partial charge on any atom is 0.321 e. The van der Waals surface area contributed by atoms with Gasteiger partial charge in [-0.25, -0.2) is 4.79 Å². The first-order valence-electron chi connectivity index (χ1n) is 15.5. The molecule has 0 aromatic carbocycles. The van der Waals surface area contributed by atoms with Gasteiger partial charge in [0.25, 0.3) is 0 Å². The van der Waals surface area contributed by atoms with Gasteiger partial charge in [0.05, 0.1) is 25.2 Å². The highest BCUT2D eigenvalue weighted by Crippen LogP contribution is 2.33. The summed E-state index contributed by atoms with van der Waals surface area (Å²) in [4.78, 5) is 78.0. The lowest BCUT2D eigenvalue weighted by atomic mass is 10.0. The van der Waals surface area contributed by atoms with Crippen LogP contribution in [0.15, 0.2) is 0 Å². The number of amides is 3. The number of Topliss-reactive ketones (excluding diaryl/α,β-unsaturated/α-hetero) is 1. The second-order valence-corrected chi connectivity index (χ2v) is 13.0. The highest BCUT2D eigenvalue weighted by Gasteiger charge is 2.42. The molecule has 0 bridgehead atoms. The fraction of sp³-hybridized carbons (Fsp3) is 0.786. The van der Waals surface area contributed by atoms with E-state index >= 15 is 0 Å². The second-order valence-electron chi connectivity index (χ2n) is 11.8. The van der Waals surface area contributed by atoms with Gasteiger partial charge < -0.3 is 31.3 Å². The standard InChI is InChI=1S/C28H47N7O9S/c36-19-29-5-6-32-7-9-33(16-24(38)39)11-13-35(14-12-34(10-8-32)17-25(40)41)22(27(42)43)15-20(37)3-1-2-4-23-26-21(18-45-23)30-28(44)31-26/h19,21-23,26H,1-18H2,(H,29,36)(H,38,39)(H,40,41)(H,42,43)(H2,30,31,44)/t21?,22-,23?,26?/m1/s1. The molecule has 4 atom stereocenters. The zero-order valence-electron chi connectivity index (χ0n) is 25.6. The molecule has 3 aliphatic heterocycles. The number of nitrogens with one attached hydrogen (secondary N) is 3. The molecule has 16 nitrogen and oxygen atoms in total. The zero-order valence-corrected chi connectivity index (χ0v) is 26.4. The molecule has 3 aliphatic rings. The molecule has 3 unspecified atom stereocenters. The van der Waals surface area contributed by atoms with Crippen molar-refractivity contribution in [3.05, 3.63) is 0 Å². The van der Waals surface area contributed by atoms with Crippen LogP contribution >= 0.6 is 11.8 Å². The molecule has 3 heterocycles. The van der Waals surface area contributed by atoms with E-state index in [0.29, 0.717) is 52.1 Å². The van der Waals surface area contributed by atoms with Crippen LogP contribution < -0.4 is 16.0 Å². The van der Waals surface area contributed by atoms with Crippen molar-refractivity contribution in [3.63, 3.8) is 0 Å². The van der Waals surface area contributed by atoms with E-state index in [0.717, 1.165) is 18.6 Å². The number of ketones is 1. The van der Waals surface area contributed by atoms with Crippen LogP contribution in [-0.4, -0.2) is 179 Å². The lowest BCUT2D eigenvalue weighted by Crippen LogP contribution is -2.52. The summed E-state index contributed by atoms with van der Waals surface area (Å²) in [5.41, 5.74) is 0. The number of hydrogen-bond acceptors (Lipinski definition) is 11. The molecule has 45 heavy (non-hydrogen) atoms. The van der Waals surface area contributed by atoms with E-state index < -0.39 is 23.9 Å². The zero-order chi connectivity index (χ0) is 32.8. The average Bonchev–Trinajstić information content (AvgIpc) is 3.52. The molecule has 0 spiro atoms. The van der Waals surface area contributed by atoms with Crippen LogP contribution in [0.2, 0.25) is 0 Å². The molecular weight excluding hydrogens is 610 g/mol. The van der Waals surface area contributed by atoms with E-state index in [-0.39, 0.29) is 81.3 Å². The Morgan fingerprint density at radius 1 is 0.889 bits per heavy atom. The first-order chi connectivity index (χ1) is 21.5. The minimum atomic E-state index is -1.16. The summed E-state index contributed by atoms with van der Waals surface area (Å²) < 4.78 is 0. The topological polar surface area (TPSA) is 212 Å². The molecule has 3 fully saturated rings. The quantitative estimate of drug-likeness (QED) is 0.0583. The average molecular weight is 658 g/mol. The molecule has 254 valence electrons. The third-order valence-corrected chi connectivity index (χ3v) is 10.0. The third kappa shape index (κ3) is 12.7. The Hall–Kier alpha value is -2.99. The number of thioether (sulfide) groups is 1. The number of aliphatic carboxylic acids is 3. The van der Waals surface area contributed by atoms with Crippen LogP contribution in [-0.2, 0) is 24.0 Å². The summed E-state index contributed by atoms with van der Waals surface area (Å²) in [6.07, 6.45) is 2.87. The van der Waals surface area contributed by atoms with Crippen LogP contribution in [0, 0.1) is 0 Å². The van der Waals surface area contributed by atoms with Gasteiger partial charge in [0.15, 0.2) is 0 Å². The summed E-state index contributed by atoms with van der Waals surface area (Å²) in [7, 11) is 0. The predicted octanol–water partition coefficient (Wildman–Crippen LogP) is -1.74. The molecule has 0 radical (unpaired) electrons. The van der Waals surface area contributed by atoms with Crippen molar-refractivity contribution in [2.75, 3.05) is 84.3 Å². The Kier molecular flexibility index (Phi) is 15.3. The molecule has 0 aliphatic carbocycles. The van der Waals surface area contributed by atoms with Crippen molar-refractivity contribution in [2.24, 2.45) is 0 Å². The molecule has 3 amide bonds. The Morgan fingerprint density at radius 3 is 2.07 bits per heavy atom. The van der Waals surface area contributed by atoms with Crippen LogP contribution in [0.25, 0.3) is 0 Å². The lowest BCUT2D eigenvalue weighted by Gasteiger charge is -2.35. The normalized spacial score (nSPS) is 24.8. The largest absolute Gasteiger partial charge is 0.480 e. The van der Waals surface area contributed by atoms with E-state index in [1.165, 1.54) is 0 Å². The number of nitrogens with zero attached hydrogens (tertiary/aromatic N) is 4. The summed E-state index contributed by atoms with van der Waals surface area (Å²) in [6.45, 7) is 2.97. The maximum atomic E-state index is 13.0. The van der Waals surface area contributed by atoms with Crippen molar-refractivity contribution in [3.8, 4) is 0 Å². The Labute approximate surface area is 267 Å². The van der Waals surface area contributed by atoms with Crippen LogP contribution in [0.5, 0.6) is 0 Å². The molecule has 3 rings (SSSR count). The second kappa shape index (κ2) is 18.9. The van der Waals surface area contributed by atoms with Gasteiger partial charge in [-0.05, 0) is 12.8 Å². The number of carbonyl (C=O) groups is 6. The summed E-state index contributed by atoms with van der Waals surface area (Å²) in [5.74, 6) is -2.51. The van der Waals surface area contributed by atoms with Gasteiger partial charge in [-0.1, -0.05) is 6.42 Å². The number of fused-ring (bicyclic) bond motifs is 1. The number of rotatable bonds is 17. The number of hydrogen-bond donors (Lipinski definition) is 6. The van der Waals surface area contributed by atoms with E-state index in [4.69, 9.17) is 0 Å². The lowest BCUT2D eigenvalue weighted by molar-refractivity contribution is -0.146. The number of carboxylic acid groups (broad SMARTS) is 3. The van der Waals surface area contributed by atoms with Gasteiger partial charge >= 0.3 is 23.9 Å². The van der Waals surface area contributed by atoms with Gasteiger partial charge in [-0.3, -0.25) is 43.6 Å². The Morgan fingerprint density at radius 2 is 1.49 bits per heavy atom. The van der Waals surface area contributed by atoms with Crippen molar-refractivity contribution >= 4 is 47.9 Å². The summed E-state index contributed by atoms with van der Waals surface area (Å²) >= 11 is 1.80. The van der Waals surface area contributed by atoms with Gasteiger partial charge in [0.1, 0.15) is 11.8 Å². The SMILES string of the molecule is O=CNCCN1CCN(CC(=O)O)CCN([C@H](CC(=O)CCCCC2SCC3NC(=O)NC32)C(=O)O)CCN(CC(=O)O)CC1. The minimum Gasteiger partial charge on any atom is -0.480 e. The smallest absolute Gasteiger partial charge is 0.321 e. The highest BCUT2D eigenvalue weighted by molar-refractivity contribution is 8.00. The van der Waals surface area contributed by atoms with E-state index in [1.54, 1.807) is 26.5 Å². The highest BCUT2D eigenvalue weighted by atomic mass is 32.2. The predicted molar refractivity (Wildman–Crippen MR) is 165 cm³/mol. The fourth-order valence-corrected chi connectivity index (χ4v) is 7.61. The molecule has 0 aromatic rings. The molecule has 6 N–H and O–H groups in total. The molecule has 3 saturated heterocycles. The number of unbranched alkanes of at least 4 members (excludes halogenated alkanes) is 1. The third-order valence-electron chi connectivity index (χ3n) is 8.52. The van der Waals surface area contributed by atoms with Gasteiger partial charge in [0.2, 0.25) is 6.41 Å². The summed E-state index contributed by atoms with van der Waals surface area (Å²) in [5, 5.41) is 37.9. The fourth-order valence-electron chi connectivity index (χ4n) is 6.07. The van der Waals surface area contributed by atoms with Gasteiger partial charge in [-0.2, -0.15) is 11.8 Å². The molecule has 0 saturated carbocycles. The maximum absolute atomic E-state index is 13.0. The first kappa shape index (κ1) is 36.5. The van der Waals surface area contributed by atoms with Crippen LogP contribution in [0.3, 0.4) is 0 Å². The van der Waals surface area contributed by atoms with Crippen molar-refractivity contribution in [1.82, 2.24) is 35.6 Å². The Balaban J connectivity index is 1.61. The molecular formula is C28H47N7O9S. The molecule has 0 aromatic heterocycles. The monoisotopic (exact) mass is 657 g/mol. The van der Waals surface area contributed by atoms with Gasteiger partial charge in [0, 0.05) is 89.3 Å². The van der Waals surface area contributed by atoms with Crippen LogP contribution in [0.4, 0.5) is 4.79 Å². The van der Waals surface area contributed by atoms with E-state index in [2.05, 4.69) is 16.0 Å². The molecule has 17 heteroatoms. The van der Waals surface area contributed by atoms with Crippen molar-refractivity contribution in [1.29, 1.82) is 0 Å². The number of carbonyl (C=O) groups excluding carboxylic acids is 3. The number of urea groups is 1. The summed E-state index contributed by atoms with van der Waals surface area (Å²) in [6, 6.07) is -1.05. The van der Waals surface area contributed by atoms with Gasteiger partial charge in [-0.15, -0.1) is 0 Å².